The van der Waals surface area contributed by atoms with Crippen molar-refractivity contribution in [3.05, 3.63) is 32.4 Å². The number of aliphatic hydroxyl groups excluding tert-OH is 1. The van der Waals surface area contributed by atoms with Crippen LogP contribution in [0.4, 0.5) is 0 Å². The average molecular weight is 318 g/mol. The predicted octanol–water partition coefficient (Wildman–Crippen LogP) is 1.83. The van der Waals surface area contributed by atoms with Crippen molar-refractivity contribution < 1.29 is 13.5 Å². The first kappa shape index (κ1) is 14.6. The zero-order valence-electron chi connectivity index (χ0n) is 10.5. The van der Waals surface area contributed by atoms with Gasteiger partial charge in [0, 0.05) is 12.4 Å². The molecule has 0 atom stereocenters. The molecule has 2 aromatic heterocycles. The third-order valence-electron chi connectivity index (χ3n) is 2.67. The maximum atomic E-state index is 12.5. The van der Waals surface area contributed by atoms with Crippen LogP contribution < -0.4 is 0 Å². The Hall–Kier alpha value is -0.800. The SMILES string of the molecule is Cc1csc(CO)c1S(=O)(=O)N(C)Cc1cscn1. The van der Waals surface area contributed by atoms with Crippen molar-refractivity contribution in [2.75, 3.05) is 7.05 Å². The molecule has 2 rings (SSSR count). The maximum Gasteiger partial charge on any atom is 0.244 e. The third-order valence-corrected chi connectivity index (χ3v) is 6.56. The number of aromatic nitrogens is 1. The van der Waals surface area contributed by atoms with E-state index in [0.29, 0.717) is 10.4 Å². The van der Waals surface area contributed by atoms with Gasteiger partial charge in [0.05, 0.1) is 29.2 Å². The Morgan fingerprint density at radius 1 is 1.42 bits per heavy atom. The van der Waals surface area contributed by atoms with Gasteiger partial charge in [0.2, 0.25) is 10.0 Å². The first-order chi connectivity index (χ1) is 8.96. The van der Waals surface area contributed by atoms with E-state index in [2.05, 4.69) is 4.98 Å². The van der Waals surface area contributed by atoms with E-state index in [1.54, 1.807) is 17.8 Å². The summed E-state index contributed by atoms with van der Waals surface area (Å²) in [6.45, 7) is 1.70. The van der Waals surface area contributed by atoms with Crippen molar-refractivity contribution in [1.29, 1.82) is 0 Å². The lowest BCUT2D eigenvalue weighted by Crippen LogP contribution is -2.27. The Balaban J connectivity index is 2.33. The Morgan fingerprint density at radius 2 is 2.16 bits per heavy atom. The minimum absolute atomic E-state index is 0.220. The molecule has 0 saturated carbocycles. The van der Waals surface area contributed by atoms with Gasteiger partial charge in [-0.25, -0.2) is 13.4 Å². The zero-order valence-corrected chi connectivity index (χ0v) is 13.0. The summed E-state index contributed by atoms with van der Waals surface area (Å²) in [5.41, 5.74) is 3.05. The second-order valence-corrected chi connectivity index (χ2v) is 7.73. The van der Waals surface area contributed by atoms with Crippen LogP contribution in [0.3, 0.4) is 0 Å². The van der Waals surface area contributed by atoms with Gasteiger partial charge in [0.1, 0.15) is 4.90 Å². The molecule has 0 unspecified atom stereocenters. The van der Waals surface area contributed by atoms with Gasteiger partial charge in [-0.15, -0.1) is 22.7 Å². The van der Waals surface area contributed by atoms with Gasteiger partial charge in [-0.3, -0.25) is 0 Å². The lowest BCUT2D eigenvalue weighted by atomic mass is 10.3. The highest BCUT2D eigenvalue weighted by molar-refractivity contribution is 7.89. The molecule has 0 amide bonds. The van der Waals surface area contributed by atoms with Gasteiger partial charge in [-0.2, -0.15) is 4.31 Å². The fraction of sp³-hybridized carbons (Fsp3) is 0.364. The summed E-state index contributed by atoms with van der Waals surface area (Å²) in [6, 6.07) is 0. The lowest BCUT2D eigenvalue weighted by molar-refractivity contribution is 0.282. The Kier molecular flexibility index (Phi) is 4.36. The molecule has 0 radical (unpaired) electrons. The van der Waals surface area contributed by atoms with E-state index in [-0.39, 0.29) is 18.0 Å². The third kappa shape index (κ3) is 2.87. The summed E-state index contributed by atoms with van der Waals surface area (Å²) in [7, 11) is -2.08. The number of thiophene rings is 1. The number of hydrogen-bond acceptors (Lipinski definition) is 6. The van der Waals surface area contributed by atoms with Crippen molar-refractivity contribution in [3.8, 4) is 0 Å². The van der Waals surface area contributed by atoms with Crippen molar-refractivity contribution in [1.82, 2.24) is 9.29 Å². The smallest absolute Gasteiger partial charge is 0.244 e. The summed E-state index contributed by atoms with van der Waals surface area (Å²) in [5.74, 6) is 0. The molecule has 0 saturated heterocycles. The van der Waals surface area contributed by atoms with Gasteiger partial charge < -0.3 is 5.11 Å². The van der Waals surface area contributed by atoms with Crippen LogP contribution in [0.2, 0.25) is 0 Å². The minimum atomic E-state index is -3.60. The topological polar surface area (TPSA) is 70.5 Å². The molecule has 19 heavy (non-hydrogen) atoms. The van der Waals surface area contributed by atoms with Gasteiger partial charge in [0.15, 0.2) is 0 Å². The first-order valence-corrected chi connectivity index (χ1v) is 8.74. The largest absolute Gasteiger partial charge is 0.391 e. The predicted molar refractivity (Wildman–Crippen MR) is 75.7 cm³/mol. The van der Waals surface area contributed by atoms with Gasteiger partial charge in [-0.1, -0.05) is 0 Å². The van der Waals surface area contributed by atoms with Crippen LogP contribution in [-0.2, 0) is 23.2 Å². The van der Waals surface area contributed by atoms with Crippen LogP contribution in [0, 0.1) is 6.92 Å². The summed E-state index contributed by atoms with van der Waals surface area (Å²) >= 11 is 2.69. The second kappa shape index (κ2) is 5.68. The number of aryl methyl sites for hydroxylation is 1. The Labute approximate surface area is 120 Å². The quantitative estimate of drug-likeness (QED) is 0.913. The molecule has 0 aromatic carbocycles. The molecule has 0 fully saturated rings. The van der Waals surface area contributed by atoms with Crippen LogP contribution in [0.15, 0.2) is 21.2 Å². The van der Waals surface area contributed by atoms with Crippen LogP contribution in [0.1, 0.15) is 16.1 Å². The van der Waals surface area contributed by atoms with E-state index in [9.17, 15) is 13.5 Å². The standard InChI is InChI=1S/C11H14N2O3S3/c1-8-5-18-10(4-14)11(8)19(15,16)13(2)3-9-6-17-7-12-9/h5-7,14H,3-4H2,1-2H3. The molecular weight excluding hydrogens is 304 g/mol. The molecule has 0 bridgehead atoms. The van der Waals surface area contributed by atoms with E-state index in [1.807, 2.05) is 5.38 Å². The highest BCUT2D eigenvalue weighted by Gasteiger charge is 2.27. The molecule has 104 valence electrons. The molecule has 8 heteroatoms. The summed E-state index contributed by atoms with van der Waals surface area (Å²) in [6.07, 6.45) is 0. The zero-order chi connectivity index (χ0) is 14.0. The highest BCUT2D eigenvalue weighted by atomic mass is 32.2. The normalized spacial score (nSPS) is 12.2. The second-order valence-electron chi connectivity index (χ2n) is 4.07. The van der Waals surface area contributed by atoms with E-state index in [4.69, 9.17) is 0 Å². The fourth-order valence-electron chi connectivity index (χ4n) is 1.73. The molecule has 0 spiro atoms. The molecule has 5 nitrogen and oxygen atoms in total. The highest BCUT2D eigenvalue weighted by Crippen LogP contribution is 2.29. The van der Waals surface area contributed by atoms with E-state index in [1.165, 1.54) is 34.0 Å². The number of rotatable bonds is 5. The van der Waals surface area contributed by atoms with Crippen LogP contribution in [0.25, 0.3) is 0 Å². The number of sulfonamides is 1. The van der Waals surface area contributed by atoms with Gasteiger partial charge in [-0.05, 0) is 17.9 Å². The summed E-state index contributed by atoms with van der Waals surface area (Å²) < 4.78 is 26.3. The van der Waals surface area contributed by atoms with Crippen molar-refractivity contribution >= 4 is 32.7 Å². The average Bonchev–Trinajstić information content (AvgIpc) is 2.98. The molecule has 2 aromatic rings. The molecule has 2 heterocycles. The van der Waals surface area contributed by atoms with Crippen LogP contribution in [0.5, 0.6) is 0 Å². The fourth-order valence-corrected chi connectivity index (χ4v) is 5.02. The van der Waals surface area contributed by atoms with Crippen LogP contribution in [-0.4, -0.2) is 29.9 Å². The monoisotopic (exact) mass is 318 g/mol. The molecule has 1 N–H and O–H groups in total. The Bertz CT molecular complexity index is 647. The molecular formula is C11H14N2O3S3. The van der Waals surface area contributed by atoms with Crippen molar-refractivity contribution in [3.63, 3.8) is 0 Å². The van der Waals surface area contributed by atoms with E-state index < -0.39 is 10.0 Å². The molecule has 0 aliphatic rings. The summed E-state index contributed by atoms with van der Waals surface area (Å²) in [4.78, 5) is 4.78. The molecule has 0 aliphatic carbocycles. The van der Waals surface area contributed by atoms with Crippen LogP contribution >= 0.6 is 22.7 Å². The summed E-state index contributed by atoms with van der Waals surface area (Å²) in [5, 5.41) is 12.8. The minimum Gasteiger partial charge on any atom is -0.391 e. The van der Waals surface area contributed by atoms with E-state index in [0.717, 1.165) is 5.69 Å². The van der Waals surface area contributed by atoms with Gasteiger partial charge >= 0.3 is 0 Å². The Morgan fingerprint density at radius 3 is 2.74 bits per heavy atom. The lowest BCUT2D eigenvalue weighted by Gasteiger charge is -2.17. The first-order valence-electron chi connectivity index (χ1n) is 5.48. The number of nitrogens with zero attached hydrogens (tertiary/aromatic N) is 2. The van der Waals surface area contributed by atoms with Gasteiger partial charge in [0.25, 0.3) is 0 Å². The van der Waals surface area contributed by atoms with Crippen molar-refractivity contribution in [2.24, 2.45) is 0 Å². The number of aliphatic hydroxyl groups is 1. The van der Waals surface area contributed by atoms with E-state index >= 15 is 0 Å². The molecule has 0 aliphatic heterocycles. The maximum absolute atomic E-state index is 12.5. The van der Waals surface area contributed by atoms with Crippen molar-refractivity contribution in [2.45, 2.75) is 25.0 Å². The number of thiazole rings is 1. The number of hydrogen-bond donors (Lipinski definition) is 1.